The van der Waals surface area contributed by atoms with Crippen molar-refractivity contribution in [1.82, 2.24) is 0 Å². The summed E-state index contributed by atoms with van der Waals surface area (Å²) in [5, 5.41) is 0. The highest BCUT2D eigenvalue weighted by Crippen LogP contribution is 2.42. The minimum absolute atomic E-state index is 0.0584. The van der Waals surface area contributed by atoms with Crippen LogP contribution in [0.4, 0.5) is 0 Å². The molecule has 3 atom stereocenters. The first kappa shape index (κ1) is 6.20. The van der Waals surface area contributed by atoms with Crippen LogP contribution in [-0.2, 0) is 9.53 Å². The number of hydrogen-bond acceptors (Lipinski definition) is 2. The first-order valence-corrected chi connectivity index (χ1v) is 4.01. The van der Waals surface area contributed by atoms with Crippen LogP contribution in [0.2, 0.25) is 0 Å². The van der Waals surface area contributed by atoms with Gasteiger partial charge < -0.3 is 4.74 Å². The van der Waals surface area contributed by atoms with Gasteiger partial charge in [0.05, 0.1) is 5.92 Å². The summed E-state index contributed by atoms with van der Waals surface area (Å²) in [5.41, 5.74) is 0. The van der Waals surface area contributed by atoms with Crippen molar-refractivity contribution in [3.05, 3.63) is 0 Å². The van der Waals surface area contributed by atoms with E-state index in [9.17, 15) is 4.79 Å². The Bertz CT molecular complexity index is 165. The van der Waals surface area contributed by atoms with Gasteiger partial charge in [-0.2, -0.15) is 0 Å². The van der Waals surface area contributed by atoms with Crippen LogP contribution in [0.5, 0.6) is 0 Å². The van der Waals surface area contributed by atoms with Crippen LogP contribution in [0.1, 0.15) is 26.2 Å². The molecule has 0 spiro atoms. The highest BCUT2D eigenvalue weighted by atomic mass is 16.6. The van der Waals surface area contributed by atoms with Gasteiger partial charge in [-0.25, -0.2) is 0 Å². The first-order chi connectivity index (χ1) is 4.81. The molecule has 2 fully saturated rings. The maximum Gasteiger partial charge on any atom is 0.309 e. The molecule has 2 rings (SSSR count). The fourth-order valence-electron chi connectivity index (χ4n) is 2.16. The van der Waals surface area contributed by atoms with E-state index in [1.165, 1.54) is 0 Å². The van der Waals surface area contributed by atoms with Crippen LogP contribution in [0.3, 0.4) is 0 Å². The number of rotatable bonds is 1. The largest absolute Gasteiger partial charge is 0.462 e. The van der Waals surface area contributed by atoms with Gasteiger partial charge in [0.1, 0.15) is 6.10 Å². The summed E-state index contributed by atoms with van der Waals surface area (Å²) in [4.78, 5) is 11.0. The molecule has 0 unspecified atom stereocenters. The van der Waals surface area contributed by atoms with Crippen LogP contribution >= 0.6 is 0 Å². The number of hydrogen-bond donors (Lipinski definition) is 0. The van der Waals surface area contributed by atoms with Gasteiger partial charge in [-0.05, 0) is 18.8 Å². The summed E-state index contributed by atoms with van der Waals surface area (Å²) >= 11 is 0. The average molecular weight is 140 g/mol. The number of carbonyl (C=O) groups is 1. The van der Waals surface area contributed by atoms with Gasteiger partial charge in [0.2, 0.25) is 0 Å². The maximum absolute atomic E-state index is 11.0. The van der Waals surface area contributed by atoms with Gasteiger partial charge in [-0.1, -0.05) is 13.3 Å². The molecule has 1 saturated carbocycles. The second-order valence-corrected chi connectivity index (χ2v) is 3.31. The second kappa shape index (κ2) is 1.97. The smallest absolute Gasteiger partial charge is 0.309 e. The van der Waals surface area contributed by atoms with E-state index >= 15 is 0 Å². The van der Waals surface area contributed by atoms with E-state index in [0.29, 0.717) is 5.92 Å². The molecular formula is C8H12O2. The van der Waals surface area contributed by atoms with Crippen LogP contribution in [0.15, 0.2) is 0 Å². The lowest BCUT2D eigenvalue weighted by Gasteiger charge is -2.18. The lowest BCUT2D eigenvalue weighted by atomic mass is 9.94. The van der Waals surface area contributed by atoms with Gasteiger partial charge in [-0.15, -0.1) is 0 Å². The fourth-order valence-corrected chi connectivity index (χ4v) is 2.16. The number of carbonyl (C=O) groups excluding carboxylic acids is 1. The number of fused-ring (bicyclic) bond motifs is 2. The molecule has 2 aliphatic rings. The molecular weight excluding hydrogens is 128 g/mol. The molecule has 1 heterocycles. The summed E-state index contributed by atoms with van der Waals surface area (Å²) in [6, 6.07) is 0. The predicted molar refractivity (Wildman–Crippen MR) is 36.4 cm³/mol. The summed E-state index contributed by atoms with van der Waals surface area (Å²) in [5.74, 6) is 0.948. The van der Waals surface area contributed by atoms with Crippen molar-refractivity contribution in [2.24, 2.45) is 11.8 Å². The number of esters is 1. The lowest BCUT2D eigenvalue weighted by Crippen LogP contribution is -2.22. The van der Waals surface area contributed by atoms with E-state index in [1.54, 1.807) is 0 Å². The van der Waals surface area contributed by atoms with Gasteiger partial charge in [0.25, 0.3) is 0 Å². The molecule has 0 aromatic carbocycles. The van der Waals surface area contributed by atoms with Crippen molar-refractivity contribution in [3.8, 4) is 0 Å². The van der Waals surface area contributed by atoms with E-state index in [0.717, 1.165) is 19.3 Å². The highest BCUT2D eigenvalue weighted by molar-refractivity contribution is 5.76. The molecule has 0 radical (unpaired) electrons. The van der Waals surface area contributed by atoms with Crippen LogP contribution in [0, 0.1) is 11.8 Å². The van der Waals surface area contributed by atoms with Crippen LogP contribution < -0.4 is 0 Å². The molecule has 2 nitrogen and oxygen atoms in total. The minimum atomic E-state index is 0.0584. The Labute approximate surface area is 60.6 Å². The molecule has 0 amide bonds. The summed E-state index contributed by atoms with van der Waals surface area (Å²) in [6.07, 6.45) is 3.53. The van der Waals surface area contributed by atoms with Crippen molar-refractivity contribution in [3.63, 3.8) is 0 Å². The monoisotopic (exact) mass is 140 g/mol. The molecule has 2 bridgehead atoms. The Balaban J connectivity index is 2.12. The summed E-state index contributed by atoms with van der Waals surface area (Å²) < 4.78 is 5.05. The zero-order chi connectivity index (χ0) is 7.14. The molecule has 1 aliphatic carbocycles. The Morgan fingerprint density at radius 3 is 2.80 bits per heavy atom. The lowest BCUT2D eigenvalue weighted by molar-refractivity contribution is -0.150. The highest BCUT2D eigenvalue weighted by Gasteiger charge is 2.46. The Hall–Kier alpha value is -0.530. The molecule has 10 heavy (non-hydrogen) atoms. The van der Waals surface area contributed by atoms with Crippen molar-refractivity contribution in [1.29, 1.82) is 0 Å². The SMILES string of the molecule is CC[C@@H]1C[C@H]2C[C@@H]1C(=O)O2. The number of ether oxygens (including phenoxy) is 1. The Kier molecular flexibility index (Phi) is 1.22. The third kappa shape index (κ3) is 0.678. The van der Waals surface area contributed by atoms with Crippen LogP contribution in [-0.4, -0.2) is 12.1 Å². The van der Waals surface area contributed by atoms with Gasteiger partial charge in [0.15, 0.2) is 0 Å². The Morgan fingerprint density at radius 2 is 2.40 bits per heavy atom. The van der Waals surface area contributed by atoms with Crippen molar-refractivity contribution in [2.45, 2.75) is 32.3 Å². The van der Waals surface area contributed by atoms with E-state index in [-0.39, 0.29) is 18.0 Å². The maximum atomic E-state index is 11.0. The summed E-state index contributed by atoms with van der Waals surface area (Å²) in [6.45, 7) is 2.15. The molecule has 1 aliphatic heterocycles. The standard InChI is InChI=1S/C8H12O2/c1-2-5-3-6-4-7(5)8(9)10-6/h5-7H,2-4H2,1H3/t5-,6+,7+/m1/s1. The van der Waals surface area contributed by atoms with Crippen molar-refractivity contribution < 1.29 is 9.53 Å². The zero-order valence-corrected chi connectivity index (χ0v) is 6.17. The predicted octanol–water partition coefficient (Wildman–Crippen LogP) is 1.35. The van der Waals surface area contributed by atoms with E-state index in [2.05, 4.69) is 6.92 Å². The normalized spacial score (nSPS) is 44.1. The van der Waals surface area contributed by atoms with E-state index in [4.69, 9.17) is 4.74 Å². The summed E-state index contributed by atoms with van der Waals surface area (Å²) in [7, 11) is 0. The van der Waals surface area contributed by atoms with Gasteiger partial charge >= 0.3 is 5.97 Å². The van der Waals surface area contributed by atoms with E-state index in [1.807, 2.05) is 0 Å². The van der Waals surface area contributed by atoms with Gasteiger partial charge in [0, 0.05) is 0 Å². The minimum Gasteiger partial charge on any atom is -0.462 e. The molecule has 0 aromatic heterocycles. The topological polar surface area (TPSA) is 26.3 Å². The molecule has 0 N–H and O–H groups in total. The first-order valence-electron chi connectivity index (χ1n) is 4.01. The quantitative estimate of drug-likeness (QED) is 0.514. The zero-order valence-electron chi connectivity index (χ0n) is 6.17. The Morgan fingerprint density at radius 1 is 1.60 bits per heavy atom. The van der Waals surface area contributed by atoms with Gasteiger partial charge in [-0.3, -0.25) is 4.79 Å². The van der Waals surface area contributed by atoms with Crippen molar-refractivity contribution in [2.75, 3.05) is 0 Å². The van der Waals surface area contributed by atoms with Crippen LogP contribution in [0.25, 0.3) is 0 Å². The third-order valence-corrected chi connectivity index (χ3v) is 2.76. The molecule has 1 saturated heterocycles. The molecule has 0 aromatic rings. The molecule has 2 heteroatoms. The average Bonchev–Trinajstić information content (AvgIpc) is 2.44. The van der Waals surface area contributed by atoms with E-state index < -0.39 is 0 Å². The van der Waals surface area contributed by atoms with Crippen molar-refractivity contribution >= 4 is 5.97 Å². The second-order valence-electron chi connectivity index (χ2n) is 3.31. The third-order valence-electron chi connectivity index (χ3n) is 2.76. The molecule has 56 valence electrons. The fraction of sp³-hybridized carbons (Fsp3) is 0.875.